The molecule has 0 unspecified atom stereocenters. The number of carboxylic acids is 1. The minimum Gasteiger partial charge on any atom is -0.497 e. The lowest BCUT2D eigenvalue weighted by Gasteiger charge is -2.30. The predicted molar refractivity (Wildman–Crippen MR) is 149 cm³/mol. The summed E-state index contributed by atoms with van der Waals surface area (Å²) < 4.78 is 44.3. The second-order valence-corrected chi connectivity index (χ2v) is 12.3. The number of likely N-dealkylation sites (tertiary alicyclic amines) is 1. The van der Waals surface area contributed by atoms with Gasteiger partial charge in [0.05, 0.1) is 18.8 Å². The van der Waals surface area contributed by atoms with Gasteiger partial charge in [-0.1, -0.05) is 44.9 Å². The summed E-state index contributed by atoms with van der Waals surface area (Å²) in [5.41, 5.74) is 1.73. The number of nitrogens with zero attached hydrogens (tertiary/aromatic N) is 2. The van der Waals surface area contributed by atoms with Crippen molar-refractivity contribution in [2.75, 3.05) is 45.8 Å². The molecule has 4 rings (SSSR count). The average molecular weight is 561 g/mol. The van der Waals surface area contributed by atoms with Crippen molar-refractivity contribution in [2.45, 2.75) is 51.5 Å². The van der Waals surface area contributed by atoms with Gasteiger partial charge in [-0.15, -0.1) is 0 Å². The number of unbranched alkanes of at least 4 members (excludes halogenated alkanes) is 2. The van der Waals surface area contributed by atoms with Crippen LogP contribution < -0.4 is 14.2 Å². The van der Waals surface area contributed by atoms with Crippen molar-refractivity contribution < 1.29 is 32.5 Å². The maximum atomic E-state index is 13.2. The molecule has 2 aromatic rings. The Kier molecular flexibility index (Phi) is 9.74. The predicted octanol–water partition coefficient (Wildman–Crippen LogP) is 4.50. The maximum Gasteiger partial charge on any atom is 0.309 e. The highest BCUT2D eigenvalue weighted by Gasteiger charge is 2.47. The molecule has 3 atom stereocenters. The summed E-state index contributed by atoms with van der Waals surface area (Å²) >= 11 is 0. The second-order valence-electron chi connectivity index (χ2n) is 10.2. The maximum absolute atomic E-state index is 13.2. The fraction of sp³-hybridized carbons (Fsp3) is 0.552. The number of carbonyl (C=O) groups is 1. The zero-order valence-corrected chi connectivity index (χ0v) is 23.9. The Labute approximate surface area is 231 Å². The van der Waals surface area contributed by atoms with Gasteiger partial charge in [-0.25, -0.2) is 12.7 Å². The molecule has 0 amide bonds. The molecule has 9 nitrogen and oxygen atoms in total. The van der Waals surface area contributed by atoms with Crippen LogP contribution in [0.4, 0.5) is 0 Å². The molecule has 0 saturated carbocycles. The van der Waals surface area contributed by atoms with Gasteiger partial charge in [-0.05, 0) is 48.2 Å². The fourth-order valence-electron chi connectivity index (χ4n) is 5.56. The van der Waals surface area contributed by atoms with Crippen LogP contribution in [0.3, 0.4) is 0 Å². The van der Waals surface area contributed by atoms with E-state index in [1.807, 2.05) is 56.3 Å². The molecule has 1 N–H and O–H groups in total. The summed E-state index contributed by atoms with van der Waals surface area (Å²) in [6, 6.07) is 12.7. The van der Waals surface area contributed by atoms with E-state index in [0.717, 1.165) is 30.4 Å². The fourth-order valence-corrected chi connectivity index (χ4v) is 7.24. The van der Waals surface area contributed by atoms with Crippen molar-refractivity contribution in [1.29, 1.82) is 0 Å². The van der Waals surface area contributed by atoms with Gasteiger partial charge in [0.25, 0.3) is 0 Å². The Hall–Kier alpha value is -2.82. The van der Waals surface area contributed by atoms with E-state index in [4.69, 9.17) is 14.2 Å². The second kappa shape index (κ2) is 13.0. The molecule has 0 spiro atoms. The van der Waals surface area contributed by atoms with Crippen molar-refractivity contribution in [1.82, 2.24) is 9.21 Å². The van der Waals surface area contributed by atoms with Crippen molar-refractivity contribution in [3.8, 4) is 17.2 Å². The molecule has 10 heteroatoms. The molecule has 0 aromatic heterocycles. The first kappa shape index (κ1) is 29.2. The third-order valence-corrected chi connectivity index (χ3v) is 9.67. The van der Waals surface area contributed by atoms with Crippen LogP contribution in [0.25, 0.3) is 0 Å². The largest absolute Gasteiger partial charge is 0.497 e. The number of hydrogen-bond donors (Lipinski definition) is 1. The SMILES string of the molecule is CCCCN(CCN1C[C@H](c2ccc3c(c2)OCO3)[C@H](C(=O)O)[C@H]1c1ccc(OC)cc1)S(=O)(=O)CCCC. The van der Waals surface area contributed by atoms with E-state index in [9.17, 15) is 18.3 Å². The van der Waals surface area contributed by atoms with Crippen LogP contribution >= 0.6 is 0 Å². The molecule has 2 heterocycles. The molecular formula is C29H40N2O7S. The van der Waals surface area contributed by atoms with Crippen molar-refractivity contribution >= 4 is 16.0 Å². The van der Waals surface area contributed by atoms with Crippen LogP contribution in [0.2, 0.25) is 0 Å². The molecule has 0 bridgehead atoms. The molecular weight excluding hydrogens is 520 g/mol. The number of methoxy groups -OCH3 is 1. The number of hydrogen-bond acceptors (Lipinski definition) is 7. The molecule has 2 aliphatic heterocycles. The number of sulfonamides is 1. The summed E-state index contributed by atoms with van der Waals surface area (Å²) in [6.07, 6.45) is 3.11. The Morgan fingerprint density at radius 1 is 1.03 bits per heavy atom. The van der Waals surface area contributed by atoms with Crippen LogP contribution in [-0.4, -0.2) is 74.5 Å². The minimum absolute atomic E-state index is 0.132. The van der Waals surface area contributed by atoms with Crippen LogP contribution in [-0.2, 0) is 14.8 Å². The zero-order chi connectivity index (χ0) is 28.0. The molecule has 1 fully saturated rings. The highest BCUT2D eigenvalue weighted by atomic mass is 32.2. The number of carboxylic acid groups (broad SMARTS) is 1. The summed E-state index contributed by atoms with van der Waals surface area (Å²) in [5.74, 6) is 0.145. The average Bonchev–Trinajstić information content (AvgIpc) is 3.56. The van der Waals surface area contributed by atoms with Crippen LogP contribution in [0, 0.1) is 5.92 Å². The first-order valence-corrected chi connectivity index (χ1v) is 15.4. The number of fused-ring (bicyclic) bond motifs is 1. The highest BCUT2D eigenvalue weighted by Crippen LogP contribution is 2.47. The summed E-state index contributed by atoms with van der Waals surface area (Å²) in [7, 11) is -1.80. The Balaban J connectivity index is 1.66. The first-order valence-electron chi connectivity index (χ1n) is 13.8. The van der Waals surface area contributed by atoms with Gasteiger partial charge >= 0.3 is 5.97 Å². The third-order valence-electron chi connectivity index (χ3n) is 7.71. The molecule has 39 heavy (non-hydrogen) atoms. The standard InChI is InChI=1S/C29H40N2O7S/c1-4-6-14-31(39(34,35)17-7-5-2)16-15-30-19-24(22-10-13-25-26(18-22)38-20-37-25)27(29(32)33)28(30)21-8-11-23(36-3)12-9-21/h8-13,18,24,27-28H,4-7,14-17,19-20H2,1-3H3,(H,32,33)/t24-,27+,28-/m1/s1. The van der Waals surface area contributed by atoms with Gasteiger partial charge in [0.1, 0.15) is 5.75 Å². The van der Waals surface area contributed by atoms with E-state index in [2.05, 4.69) is 4.90 Å². The summed E-state index contributed by atoms with van der Waals surface area (Å²) in [6.45, 7) is 5.87. The molecule has 0 radical (unpaired) electrons. The number of rotatable bonds is 14. The number of aliphatic carboxylic acids is 1. The van der Waals surface area contributed by atoms with Gasteiger partial charge in [-0.2, -0.15) is 0 Å². The lowest BCUT2D eigenvalue weighted by atomic mass is 9.82. The first-order chi connectivity index (χ1) is 18.8. The lowest BCUT2D eigenvalue weighted by molar-refractivity contribution is -0.143. The smallest absolute Gasteiger partial charge is 0.309 e. The zero-order valence-electron chi connectivity index (χ0n) is 23.0. The van der Waals surface area contributed by atoms with Crippen molar-refractivity contribution in [3.05, 3.63) is 53.6 Å². The van der Waals surface area contributed by atoms with E-state index in [1.165, 1.54) is 0 Å². The van der Waals surface area contributed by atoms with Gasteiger partial charge in [0.15, 0.2) is 11.5 Å². The van der Waals surface area contributed by atoms with Gasteiger partial charge in [0, 0.05) is 38.1 Å². The molecule has 1 saturated heterocycles. The molecule has 214 valence electrons. The van der Waals surface area contributed by atoms with Crippen LogP contribution in [0.15, 0.2) is 42.5 Å². The normalized spacial score (nSPS) is 21.0. The van der Waals surface area contributed by atoms with E-state index in [-0.39, 0.29) is 18.5 Å². The highest BCUT2D eigenvalue weighted by molar-refractivity contribution is 7.89. The Morgan fingerprint density at radius 3 is 2.38 bits per heavy atom. The molecule has 2 aliphatic rings. The van der Waals surface area contributed by atoms with E-state index in [1.54, 1.807) is 11.4 Å². The minimum atomic E-state index is -3.40. The van der Waals surface area contributed by atoms with E-state index in [0.29, 0.717) is 49.8 Å². The van der Waals surface area contributed by atoms with E-state index >= 15 is 0 Å². The summed E-state index contributed by atoms with van der Waals surface area (Å²) in [5, 5.41) is 10.5. The Morgan fingerprint density at radius 2 is 1.72 bits per heavy atom. The van der Waals surface area contributed by atoms with E-state index < -0.39 is 28.0 Å². The van der Waals surface area contributed by atoms with Crippen molar-refractivity contribution in [2.24, 2.45) is 5.92 Å². The van der Waals surface area contributed by atoms with Crippen LogP contribution in [0.5, 0.6) is 17.2 Å². The number of benzene rings is 2. The molecule has 2 aromatic carbocycles. The lowest BCUT2D eigenvalue weighted by Crippen LogP contribution is -2.40. The quantitative estimate of drug-likeness (QED) is 0.360. The summed E-state index contributed by atoms with van der Waals surface area (Å²) in [4.78, 5) is 14.9. The van der Waals surface area contributed by atoms with Gasteiger partial charge < -0.3 is 19.3 Å². The topological polar surface area (TPSA) is 106 Å². The monoisotopic (exact) mass is 560 g/mol. The van der Waals surface area contributed by atoms with Crippen molar-refractivity contribution in [3.63, 3.8) is 0 Å². The van der Waals surface area contributed by atoms with Gasteiger partial charge in [0.2, 0.25) is 16.8 Å². The Bertz CT molecular complexity index is 1220. The third kappa shape index (κ3) is 6.67. The van der Waals surface area contributed by atoms with Gasteiger partial charge in [-0.3, -0.25) is 9.69 Å². The van der Waals surface area contributed by atoms with Crippen LogP contribution in [0.1, 0.15) is 62.6 Å². The molecule has 0 aliphatic carbocycles. The number of ether oxygens (including phenoxy) is 3.